The minimum atomic E-state index is -1.63. The molecule has 0 aromatic heterocycles. The molecule has 0 amide bonds. The predicted molar refractivity (Wildman–Crippen MR) is 37.7 cm³/mol. The van der Waals surface area contributed by atoms with Crippen LogP contribution in [0.2, 0.25) is 0 Å². The normalized spacial score (nSPS) is 14.6. The molecular weight excluding hydrogens is 223 g/mol. The quantitative estimate of drug-likeness (QED) is 0.412. The zero-order chi connectivity index (χ0) is 6.57. The van der Waals surface area contributed by atoms with Crippen molar-refractivity contribution in [3.05, 3.63) is 0 Å². The van der Waals surface area contributed by atoms with Crippen LogP contribution < -0.4 is 0 Å². The summed E-state index contributed by atoms with van der Waals surface area (Å²) < 4.78 is 5.26. The molecule has 0 heterocycles. The van der Waals surface area contributed by atoms with Crippen LogP contribution in [0.3, 0.4) is 0 Å². The van der Waals surface area contributed by atoms with Gasteiger partial charge in [0.1, 0.15) is 0 Å². The summed E-state index contributed by atoms with van der Waals surface area (Å²) in [6, 6.07) is 0. The van der Waals surface area contributed by atoms with Gasteiger partial charge in [0, 0.05) is 4.43 Å². The van der Waals surface area contributed by atoms with E-state index in [1.807, 2.05) is 0 Å². The highest BCUT2D eigenvalue weighted by Gasteiger charge is 2.02. The maximum atomic E-state index is 8.18. The fourth-order valence-corrected chi connectivity index (χ4v) is 0.452. The Hall–Kier alpha value is 0.610. The number of ether oxygens (including phenoxy) is 1. The molecule has 50 valence electrons. The Morgan fingerprint density at radius 1 is 1.62 bits per heavy atom. The van der Waals surface area contributed by atoms with Gasteiger partial charge in [0.15, 0.2) is 0 Å². The molecule has 1 unspecified atom stereocenters. The van der Waals surface area contributed by atoms with Crippen LogP contribution in [-0.4, -0.2) is 27.2 Å². The third-order valence-corrected chi connectivity index (χ3v) is 1.81. The van der Waals surface area contributed by atoms with Gasteiger partial charge in [-0.25, -0.2) is 0 Å². The first-order valence-electron chi connectivity index (χ1n) is 2.24. The van der Waals surface area contributed by atoms with Crippen molar-refractivity contribution in [3.8, 4) is 0 Å². The second-order valence-corrected chi connectivity index (χ2v) is 2.31. The Morgan fingerprint density at radius 2 is 2.12 bits per heavy atom. The van der Waals surface area contributed by atoms with E-state index in [0.29, 0.717) is 0 Å². The molecule has 0 aliphatic carbocycles. The van der Waals surface area contributed by atoms with Crippen molar-refractivity contribution in [1.29, 1.82) is 0 Å². The van der Waals surface area contributed by atoms with Crippen molar-refractivity contribution in [2.75, 3.05) is 4.43 Å². The van der Waals surface area contributed by atoms with E-state index in [4.69, 9.17) is 10.2 Å². The molecule has 0 rings (SSSR count). The lowest BCUT2D eigenvalue weighted by atomic mass is 10.5. The molecule has 0 saturated carbocycles. The van der Waals surface area contributed by atoms with Crippen molar-refractivity contribution in [1.82, 2.24) is 0 Å². The van der Waals surface area contributed by atoms with Gasteiger partial charge in [-0.1, -0.05) is 22.6 Å². The lowest BCUT2D eigenvalue weighted by Gasteiger charge is -2.09. The SMILES string of the molecule is CC(CI)OC(O)O. The lowest BCUT2D eigenvalue weighted by Crippen LogP contribution is -2.19. The van der Waals surface area contributed by atoms with E-state index in [1.165, 1.54) is 0 Å². The molecular formula is C4H9IO3. The molecule has 0 spiro atoms. The van der Waals surface area contributed by atoms with Crippen molar-refractivity contribution < 1.29 is 14.9 Å². The van der Waals surface area contributed by atoms with Crippen LogP contribution in [0, 0.1) is 0 Å². The van der Waals surface area contributed by atoms with Crippen LogP contribution in [0.25, 0.3) is 0 Å². The molecule has 0 aromatic carbocycles. The Kier molecular flexibility index (Phi) is 4.83. The fourth-order valence-electron chi connectivity index (χ4n) is 0.244. The Labute approximate surface area is 61.8 Å². The zero-order valence-corrected chi connectivity index (χ0v) is 6.70. The molecule has 0 saturated heterocycles. The molecule has 3 nitrogen and oxygen atoms in total. The summed E-state index contributed by atoms with van der Waals surface area (Å²) in [7, 11) is 0. The first kappa shape index (κ1) is 8.61. The van der Waals surface area contributed by atoms with Crippen molar-refractivity contribution in [3.63, 3.8) is 0 Å². The van der Waals surface area contributed by atoms with Gasteiger partial charge in [-0.05, 0) is 6.92 Å². The Morgan fingerprint density at radius 3 is 2.25 bits per heavy atom. The zero-order valence-electron chi connectivity index (χ0n) is 4.54. The van der Waals surface area contributed by atoms with Gasteiger partial charge >= 0.3 is 0 Å². The van der Waals surface area contributed by atoms with E-state index >= 15 is 0 Å². The largest absolute Gasteiger partial charge is 0.346 e. The Balaban J connectivity index is 3.10. The van der Waals surface area contributed by atoms with Gasteiger partial charge < -0.3 is 14.9 Å². The van der Waals surface area contributed by atoms with E-state index in [-0.39, 0.29) is 6.10 Å². The topological polar surface area (TPSA) is 49.7 Å². The summed E-state index contributed by atoms with van der Waals surface area (Å²) in [5.41, 5.74) is 0. The minimum Gasteiger partial charge on any atom is -0.346 e. The smallest absolute Gasteiger partial charge is 0.266 e. The molecule has 0 aliphatic heterocycles. The number of rotatable bonds is 3. The first-order chi connectivity index (χ1) is 3.66. The molecule has 0 fully saturated rings. The maximum absolute atomic E-state index is 8.18. The van der Waals surface area contributed by atoms with Crippen LogP contribution in [0.15, 0.2) is 0 Å². The number of hydrogen-bond acceptors (Lipinski definition) is 3. The lowest BCUT2D eigenvalue weighted by molar-refractivity contribution is -0.248. The predicted octanol–water partition coefficient (Wildman–Crippen LogP) is 0.0947. The summed E-state index contributed by atoms with van der Waals surface area (Å²) >= 11 is 2.10. The molecule has 4 heteroatoms. The second kappa shape index (κ2) is 4.49. The van der Waals surface area contributed by atoms with Crippen LogP contribution >= 0.6 is 22.6 Å². The number of aliphatic hydroxyl groups is 2. The molecule has 2 N–H and O–H groups in total. The average molecular weight is 232 g/mol. The summed E-state index contributed by atoms with van der Waals surface area (Å²) in [6.45, 7) is 0.145. The maximum Gasteiger partial charge on any atom is 0.266 e. The van der Waals surface area contributed by atoms with Gasteiger partial charge in [-0.15, -0.1) is 0 Å². The van der Waals surface area contributed by atoms with Crippen molar-refractivity contribution in [2.45, 2.75) is 19.5 Å². The van der Waals surface area contributed by atoms with Crippen LogP contribution in [-0.2, 0) is 4.74 Å². The standard InChI is InChI=1S/C4H9IO3/c1-3(2-5)8-4(6)7/h3-4,6-7H,2H2,1H3. The minimum absolute atomic E-state index is 0.0874. The van der Waals surface area contributed by atoms with Crippen LogP contribution in [0.1, 0.15) is 6.92 Å². The monoisotopic (exact) mass is 232 g/mol. The molecule has 8 heavy (non-hydrogen) atoms. The highest BCUT2D eigenvalue weighted by atomic mass is 127. The van der Waals surface area contributed by atoms with E-state index in [2.05, 4.69) is 27.3 Å². The second-order valence-electron chi connectivity index (χ2n) is 1.43. The van der Waals surface area contributed by atoms with E-state index in [1.54, 1.807) is 6.92 Å². The summed E-state index contributed by atoms with van der Waals surface area (Å²) in [4.78, 5) is 0. The molecule has 0 aliphatic rings. The van der Waals surface area contributed by atoms with Gasteiger partial charge in [0.05, 0.1) is 6.10 Å². The van der Waals surface area contributed by atoms with E-state index < -0.39 is 6.48 Å². The average Bonchev–Trinajstić information content (AvgIpc) is 1.65. The third-order valence-electron chi connectivity index (χ3n) is 0.571. The number of alkyl halides is 1. The summed E-state index contributed by atoms with van der Waals surface area (Å²) in [5, 5.41) is 16.4. The highest BCUT2D eigenvalue weighted by molar-refractivity contribution is 14.1. The van der Waals surface area contributed by atoms with Gasteiger partial charge in [-0.3, -0.25) is 0 Å². The fraction of sp³-hybridized carbons (Fsp3) is 1.00. The molecule has 0 aromatic rings. The van der Waals surface area contributed by atoms with Gasteiger partial charge in [-0.2, -0.15) is 0 Å². The highest BCUT2D eigenvalue weighted by Crippen LogP contribution is 1.96. The Bertz CT molecular complexity index is 57.2. The summed E-state index contributed by atoms with van der Waals surface area (Å²) in [5.74, 6) is 0. The van der Waals surface area contributed by atoms with E-state index in [9.17, 15) is 0 Å². The molecule has 1 atom stereocenters. The number of halogens is 1. The van der Waals surface area contributed by atoms with Crippen LogP contribution in [0.5, 0.6) is 0 Å². The summed E-state index contributed by atoms with van der Waals surface area (Å²) in [6.07, 6.45) is -0.0874. The van der Waals surface area contributed by atoms with Crippen molar-refractivity contribution >= 4 is 22.6 Å². The van der Waals surface area contributed by atoms with Gasteiger partial charge in [0.25, 0.3) is 6.48 Å². The van der Waals surface area contributed by atoms with Crippen LogP contribution in [0.4, 0.5) is 0 Å². The van der Waals surface area contributed by atoms with E-state index in [0.717, 1.165) is 4.43 Å². The number of hydrogen-bond donors (Lipinski definition) is 2. The number of aliphatic hydroxyl groups excluding tert-OH is 1. The molecule has 0 radical (unpaired) electrons. The third kappa shape index (κ3) is 4.76. The van der Waals surface area contributed by atoms with Crippen molar-refractivity contribution in [2.24, 2.45) is 0 Å². The first-order valence-corrected chi connectivity index (χ1v) is 3.77. The molecule has 0 bridgehead atoms. The van der Waals surface area contributed by atoms with Gasteiger partial charge in [0.2, 0.25) is 0 Å².